The lowest BCUT2D eigenvalue weighted by Gasteiger charge is -2.17. The van der Waals surface area contributed by atoms with Crippen LogP contribution in [-0.2, 0) is 12.1 Å². The van der Waals surface area contributed by atoms with Crippen molar-refractivity contribution >= 4 is 5.95 Å². The zero-order valence-electron chi connectivity index (χ0n) is 13.6. The molecule has 1 atom stereocenters. The second kappa shape index (κ2) is 6.81. The monoisotopic (exact) mass is 302 g/mol. The lowest BCUT2D eigenvalue weighted by atomic mass is 10.1. The van der Waals surface area contributed by atoms with E-state index in [0.29, 0.717) is 11.8 Å². The number of alkyl halides is 1. The summed E-state index contributed by atoms with van der Waals surface area (Å²) in [7, 11) is 0. The standard InChI is InChI=1S/C17H23FN4/c1-12(10-11-14-8-6-5-7-9-14)19-16-21-13(2)20-15(22-16)17(3,4)18/h5-9,12H,10-11H2,1-4H3,(H,19,20,21,22). The Kier molecular flexibility index (Phi) is 5.06. The van der Waals surface area contributed by atoms with Crippen molar-refractivity contribution in [2.45, 2.75) is 52.2 Å². The van der Waals surface area contributed by atoms with Crippen LogP contribution in [0.25, 0.3) is 0 Å². The van der Waals surface area contributed by atoms with Gasteiger partial charge in [0.25, 0.3) is 0 Å². The highest BCUT2D eigenvalue weighted by Crippen LogP contribution is 2.21. The van der Waals surface area contributed by atoms with Gasteiger partial charge in [-0.2, -0.15) is 9.97 Å². The van der Waals surface area contributed by atoms with Crippen molar-refractivity contribution in [1.82, 2.24) is 15.0 Å². The molecule has 0 spiro atoms. The van der Waals surface area contributed by atoms with E-state index in [2.05, 4.69) is 39.3 Å². The van der Waals surface area contributed by atoms with Gasteiger partial charge in [-0.25, -0.2) is 9.37 Å². The molecule has 2 rings (SSSR count). The molecular formula is C17H23FN4. The topological polar surface area (TPSA) is 50.7 Å². The third kappa shape index (κ3) is 4.76. The van der Waals surface area contributed by atoms with Crippen LogP contribution in [0.5, 0.6) is 0 Å². The van der Waals surface area contributed by atoms with Crippen LogP contribution in [0.2, 0.25) is 0 Å². The van der Waals surface area contributed by atoms with Crippen LogP contribution in [0.3, 0.4) is 0 Å². The molecule has 0 radical (unpaired) electrons. The molecule has 0 amide bonds. The van der Waals surface area contributed by atoms with Crippen LogP contribution in [0, 0.1) is 6.92 Å². The van der Waals surface area contributed by atoms with Crippen molar-refractivity contribution in [1.29, 1.82) is 0 Å². The van der Waals surface area contributed by atoms with Gasteiger partial charge in [-0.05, 0) is 46.1 Å². The molecule has 0 bridgehead atoms. The van der Waals surface area contributed by atoms with Crippen LogP contribution >= 0.6 is 0 Å². The molecule has 0 saturated heterocycles. The van der Waals surface area contributed by atoms with Crippen molar-refractivity contribution in [2.75, 3.05) is 5.32 Å². The summed E-state index contributed by atoms with van der Waals surface area (Å²) >= 11 is 0. The fraction of sp³-hybridized carbons (Fsp3) is 0.471. The third-order valence-corrected chi connectivity index (χ3v) is 3.36. The highest BCUT2D eigenvalue weighted by molar-refractivity contribution is 5.27. The van der Waals surface area contributed by atoms with Gasteiger partial charge >= 0.3 is 0 Å². The number of hydrogen-bond acceptors (Lipinski definition) is 4. The van der Waals surface area contributed by atoms with Crippen molar-refractivity contribution in [2.24, 2.45) is 0 Å². The molecule has 1 heterocycles. The average Bonchev–Trinajstić information content (AvgIpc) is 2.45. The van der Waals surface area contributed by atoms with Crippen molar-refractivity contribution in [3.63, 3.8) is 0 Å². The number of nitrogens with one attached hydrogen (secondary N) is 1. The predicted octanol–water partition coefficient (Wildman–Crippen LogP) is 3.82. The number of hydrogen-bond donors (Lipinski definition) is 1. The third-order valence-electron chi connectivity index (χ3n) is 3.36. The Balaban J connectivity index is 1.99. The SMILES string of the molecule is Cc1nc(NC(C)CCc2ccccc2)nc(C(C)(C)F)n1. The van der Waals surface area contributed by atoms with Gasteiger partial charge in [-0.3, -0.25) is 0 Å². The van der Waals surface area contributed by atoms with Gasteiger partial charge in [-0.15, -0.1) is 0 Å². The molecule has 1 aromatic heterocycles. The summed E-state index contributed by atoms with van der Waals surface area (Å²) in [5.74, 6) is 1.13. The van der Waals surface area contributed by atoms with E-state index >= 15 is 0 Å². The molecule has 118 valence electrons. The number of rotatable bonds is 6. The summed E-state index contributed by atoms with van der Waals surface area (Å²) in [4.78, 5) is 12.5. The zero-order valence-corrected chi connectivity index (χ0v) is 13.6. The molecule has 5 heteroatoms. The van der Waals surface area contributed by atoms with E-state index in [9.17, 15) is 4.39 Å². The molecule has 1 unspecified atom stereocenters. The average molecular weight is 302 g/mol. The summed E-state index contributed by atoms with van der Waals surface area (Å²) in [6.45, 7) is 6.72. The maximum Gasteiger partial charge on any atom is 0.226 e. The summed E-state index contributed by atoms with van der Waals surface area (Å²) in [6.07, 6.45) is 1.92. The van der Waals surface area contributed by atoms with E-state index in [1.54, 1.807) is 6.92 Å². The maximum atomic E-state index is 14.0. The van der Waals surface area contributed by atoms with Gasteiger partial charge in [-0.1, -0.05) is 30.3 Å². The Morgan fingerprint density at radius 3 is 2.45 bits per heavy atom. The van der Waals surface area contributed by atoms with E-state index in [1.807, 2.05) is 18.2 Å². The Morgan fingerprint density at radius 1 is 1.14 bits per heavy atom. The molecule has 0 aliphatic rings. The Labute approximate surface area is 131 Å². The molecule has 0 saturated carbocycles. The summed E-state index contributed by atoms with van der Waals surface area (Å²) < 4.78 is 14.0. The molecular weight excluding hydrogens is 279 g/mol. The van der Waals surface area contributed by atoms with Gasteiger partial charge in [0, 0.05) is 6.04 Å². The van der Waals surface area contributed by atoms with Gasteiger partial charge in [0.05, 0.1) is 0 Å². The van der Waals surface area contributed by atoms with Crippen LogP contribution in [0.15, 0.2) is 30.3 Å². The first-order valence-corrected chi connectivity index (χ1v) is 7.57. The molecule has 2 aromatic rings. The summed E-state index contributed by atoms with van der Waals surface area (Å²) in [5.41, 5.74) is -0.272. The van der Waals surface area contributed by atoms with Crippen LogP contribution in [-0.4, -0.2) is 21.0 Å². The predicted molar refractivity (Wildman–Crippen MR) is 86.5 cm³/mol. The molecule has 1 N–H and O–H groups in total. The van der Waals surface area contributed by atoms with E-state index in [0.717, 1.165) is 12.8 Å². The molecule has 0 aliphatic heterocycles. The number of benzene rings is 1. The van der Waals surface area contributed by atoms with Gasteiger partial charge in [0.15, 0.2) is 11.5 Å². The van der Waals surface area contributed by atoms with Crippen molar-refractivity contribution in [3.05, 3.63) is 47.5 Å². The molecule has 0 aliphatic carbocycles. The van der Waals surface area contributed by atoms with Gasteiger partial charge in [0.2, 0.25) is 5.95 Å². The lowest BCUT2D eigenvalue weighted by Crippen LogP contribution is -2.22. The number of aryl methyl sites for hydroxylation is 2. The quantitative estimate of drug-likeness (QED) is 0.881. The van der Waals surface area contributed by atoms with Gasteiger partial charge < -0.3 is 5.32 Å². The van der Waals surface area contributed by atoms with Crippen LogP contribution < -0.4 is 5.32 Å². The first-order valence-electron chi connectivity index (χ1n) is 7.57. The summed E-state index contributed by atoms with van der Waals surface area (Å²) in [6, 6.07) is 10.5. The Hall–Kier alpha value is -2.04. The zero-order chi connectivity index (χ0) is 16.2. The number of anilines is 1. The summed E-state index contributed by atoms with van der Waals surface area (Å²) in [5, 5.41) is 3.24. The fourth-order valence-corrected chi connectivity index (χ4v) is 2.13. The Morgan fingerprint density at radius 2 is 1.82 bits per heavy atom. The normalized spacial score (nSPS) is 13.0. The number of halogens is 1. The maximum absolute atomic E-state index is 14.0. The second-order valence-corrected chi connectivity index (χ2v) is 6.07. The molecule has 1 aromatic carbocycles. The largest absolute Gasteiger partial charge is 0.352 e. The van der Waals surface area contributed by atoms with Crippen LogP contribution in [0.1, 0.15) is 44.4 Å². The van der Waals surface area contributed by atoms with E-state index in [1.165, 1.54) is 19.4 Å². The lowest BCUT2D eigenvalue weighted by molar-refractivity contribution is 0.205. The van der Waals surface area contributed by atoms with Crippen molar-refractivity contribution in [3.8, 4) is 0 Å². The number of aromatic nitrogens is 3. The minimum atomic E-state index is -1.57. The molecule has 0 fully saturated rings. The smallest absolute Gasteiger partial charge is 0.226 e. The van der Waals surface area contributed by atoms with E-state index < -0.39 is 5.67 Å². The first-order chi connectivity index (χ1) is 10.3. The molecule has 22 heavy (non-hydrogen) atoms. The fourth-order valence-electron chi connectivity index (χ4n) is 2.13. The van der Waals surface area contributed by atoms with E-state index in [4.69, 9.17) is 0 Å². The number of nitrogens with zero attached hydrogens (tertiary/aromatic N) is 3. The highest BCUT2D eigenvalue weighted by atomic mass is 19.1. The minimum Gasteiger partial charge on any atom is -0.352 e. The highest BCUT2D eigenvalue weighted by Gasteiger charge is 2.24. The molecule has 4 nitrogen and oxygen atoms in total. The van der Waals surface area contributed by atoms with Crippen molar-refractivity contribution < 1.29 is 4.39 Å². The van der Waals surface area contributed by atoms with Crippen LogP contribution in [0.4, 0.5) is 10.3 Å². The van der Waals surface area contributed by atoms with E-state index in [-0.39, 0.29) is 11.9 Å². The van der Waals surface area contributed by atoms with Gasteiger partial charge in [0.1, 0.15) is 5.82 Å². The second-order valence-electron chi connectivity index (χ2n) is 6.07. The first kappa shape index (κ1) is 16.3. The Bertz CT molecular complexity index is 608. The minimum absolute atomic E-state index is 0.165.